The van der Waals surface area contributed by atoms with Gasteiger partial charge < -0.3 is 4.74 Å². The molecule has 0 aromatic heterocycles. The molecule has 0 fully saturated rings. The second-order valence-electron chi connectivity index (χ2n) is 5.97. The third kappa shape index (κ3) is 4.46. The zero-order valence-electron chi connectivity index (χ0n) is 11.2. The van der Waals surface area contributed by atoms with Gasteiger partial charge in [0.2, 0.25) is 0 Å². The predicted octanol–water partition coefficient (Wildman–Crippen LogP) is 2.65. The summed E-state index contributed by atoms with van der Waals surface area (Å²) in [6.45, 7) is 9.08. The zero-order valence-corrected chi connectivity index (χ0v) is 12.2. The Hall–Kier alpha value is -0.903. The summed E-state index contributed by atoms with van der Waals surface area (Å²) < 4.78 is 5.24. The molecular formula is C13H22O3Si. The van der Waals surface area contributed by atoms with Gasteiger partial charge in [-0.3, -0.25) is 9.59 Å². The van der Waals surface area contributed by atoms with Crippen molar-refractivity contribution in [2.45, 2.75) is 39.0 Å². The molecule has 0 aliphatic heterocycles. The molecule has 0 bridgehead atoms. The van der Waals surface area contributed by atoms with Crippen LogP contribution in [0.1, 0.15) is 13.3 Å². The van der Waals surface area contributed by atoms with E-state index in [-0.39, 0.29) is 17.7 Å². The van der Waals surface area contributed by atoms with E-state index in [1.54, 1.807) is 0 Å². The number of hydrogen-bond donors (Lipinski definition) is 0. The van der Waals surface area contributed by atoms with Crippen molar-refractivity contribution in [1.82, 2.24) is 0 Å². The van der Waals surface area contributed by atoms with Crippen LogP contribution in [0.15, 0.2) is 12.2 Å². The summed E-state index contributed by atoms with van der Waals surface area (Å²) in [6, 6.07) is 0.948. The molecule has 0 spiro atoms. The SMILES string of the molecule is CC1CC=CC(=O)C1C(=O)OCC[Si](C)(C)C. The summed E-state index contributed by atoms with van der Waals surface area (Å²) in [6.07, 6.45) is 4.11. The highest BCUT2D eigenvalue weighted by atomic mass is 28.3. The lowest BCUT2D eigenvalue weighted by Gasteiger charge is -2.23. The van der Waals surface area contributed by atoms with E-state index in [0.717, 1.165) is 12.5 Å². The largest absolute Gasteiger partial charge is 0.465 e. The molecule has 0 amide bonds. The van der Waals surface area contributed by atoms with Crippen molar-refractivity contribution >= 4 is 19.8 Å². The highest BCUT2D eigenvalue weighted by Crippen LogP contribution is 2.24. The average Bonchev–Trinajstić information content (AvgIpc) is 2.15. The van der Waals surface area contributed by atoms with Crippen molar-refractivity contribution in [1.29, 1.82) is 0 Å². The van der Waals surface area contributed by atoms with Gasteiger partial charge >= 0.3 is 5.97 Å². The van der Waals surface area contributed by atoms with Gasteiger partial charge in [0.15, 0.2) is 5.78 Å². The van der Waals surface area contributed by atoms with Crippen LogP contribution < -0.4 is 0 Å². The van der Waals surface area contributed by atoms with Crippen molar-refractivity contribution in [2.24, 2.45) is 11.8 Å². The predicted molar refractivity (Wildman–Crippen MR) is 70.5 cm³/mol. The number of allylic oxidation sites excluding steroid dienone is 2. The van der Waals surface area contributed by atoms with Gasteiger partial charge in [-0.2, -0.15) is 0 Å². The maximum Gasteiger partial charge on any atom is 0.317 e. The van der Waals surface area contributed by atoms with Crippen LogP contribution in [0.3, 0.4) is 0 Å². The van der Waals surface area contributed by atoms with E-state index < -0.39 is 14.0 Å². The number of rotatable bonds is 4. The summed E-state index contributed by atoms with van der Waals surface area (Å²) in [5.41, 5.74) is 0. The first-order chi connectivity index (χ1) is 7.81. The second-order valence-corrected chi connectivity index (χ2v) is 11.6. The summed E-state index contributed by atoms with van der Waals surface area (Å²) in [7, 11) is -1.18. The van der Waals surface area contributed by atoms with Crippen LogP contribution in [0.2, 0.25) is 25.7 Å². The molecule has 17 heavy (non-hydrogen) atoms. The van der Waals surface area contributed by atoms with Gasteiger partial charge in [0.05, 0.1) is 6.61 Å². The van der Waals surface area contributed by atoms with Crippen LogP contribution in [-0.4, -0.2) is 26.4 Å². The Labute approximate surface area is 104 Å². The van der Waals surface area contributed by atoms with Gasteiger partial charge in [0.1, 0.15) is 5.92 Å². The smallest absolute Gasteiger partial charge is 0.317 e. The van der Waals surface area contributed by atoms with Gasteiger partial charge in [-0.05, 0) is 24.5 Å². The topological polar surface area (TPSA) is 43.4 Å². The Kier molecular flexibility index (Phi) is 4.68. The lowest BCUT2D eigenvalue weighted by atomic mass is 9.83. The van der Waals surface area contributed by atoms with Crippen molar-refractivity contribution < 1.29 is 14.3 Å². The minimum Gasteiger partial charge on any atom is -0.465 e. The molecule has 0 heterocycles. The Balaban J connectivity index is 2.47. The van der Waals surface area contributed by atoms with Gasteiger partial charge in [-0.15, -0.1) is 0 Å². The number of ketones is 1. The molecule has 0 N–H and O–H groups in total. The van der Waals surface area contributed by atoms with Crippen LogP contribution >= 0.6 is 0 Å². The normalized spacial score (nSPS) is 24.8. The first-order valence-electron chi connectivity index (χ1n) is 6.18. The van der Waals surface area contributed by atoms with Crippen LogP contribution in [0.25, 0.3) is 0 Å². The molecular weight excluding hydrogens is 232 g/mol. The molecule has 1 rings (SSSR count). The van der Waals surface area contributed by atoms with Crippen molar-refractivity contribution in [3.63, 3.8) is 0 Å². The summed E-state index contributed by atoms with van der Waals surface area (Å²) >= 11 is 0. The first-order valence-corrected chi connectivity index (χ1v) is 9.89. The summed E-state index contributed by atoms with van der Waals surface area (Å²) in [5, 5.41) is 0. The molecule has 0 saturated carbocycles. The van der Waals surface area contributed by atoms with E-state index in [4.69, 9.17) is 4.74 Å². The van der Waals surface area contributed by atoms with Crippen LogP contribution in [-0.2, 0) is 14.3 Å². The number of carbonyl (C=O) groups excluding carboxylic acids is 2. The maximum absolute atomic E-state index is 11.8. The van der Waals surface area contributed by atoms with Gasteiger partial charge in [0, 0.05) is 8.07 Å². The number of esters is 1. The molecule has 2 unspecified atom stereocenters. The molecule has 0 aromatic carbocycles. The Morgan fingerprint density at radius 1 is 1.47 bits per heavy atom. The minimum absolute atomic E-state index is 0.0619. The number of ether oxygens (including phenoxy) is 1. The highest BCUT2D eigenvalue weighted by Gasteiger charge is 2.33. The lowest BCUT2D eigenvalue weighted by molar-refractivity contribution is -0.152. The van der Waals surface area contributed by atoms with E-state index >= 15 is 0 Å². The average molecular weight is 254 g/mol. The van der Waals surface area contributed by atoms with Crippen molar-refractivity contribution in [3.05, 3.63) is 12.2 Å². The quantitative estimate of drug-likeness (QED) is 0.440. The molecule has 0 radical (unpaired) electrons. The fourth-order valence-corrected chi connectivity index (χ4v) is 2.53. The van der Waals surface area contributed by atoms with Crippen molar-refractivity contribution in [2.75, 3.05) is 6.61 Å². The van der Waals surface area contributed by atoms with E-state index in [1.165, 1.54) is 6.08 Å². The lowest BCUT2D eigenvalue weighted by Crippen LogP contribution is -2.33. The molecule has 96 valence electrons. The van der Waals surface area contributed by atoms with Gasteiger partial charge in [-0.1, -0.05) is 32.6 Å². The fraction of sp³-hybridized carbons (Fsp3) is 0.692. The molecule has 2 atom stereocenters. The van der Waals surface area contributed by atoms with Crippen LogP contribution in [0.5, 0.6) is 0 Å². The van der Waals surface area contributed by atoms with E-state index in [2.05, 4.69) is 19.6 Å². The minimum atomic E-state index is -1.18. The summed E-state index contributed by atoms with van der Waals surface area (Å²) in [4.78, 5) is 23.5. The van der Waals surface area contributed by atoms with Crippen LogP contribution in [0.4, 0.5) is 0 Å². The third-order valence-corrected chi connectivity index (χ3v) is 4.72. The fourth-order valence-electron chi connectivity index (χ4n) is 1.82. The van der Waals surface area contributed by atoms with Crippen LogP contribution in [0, 0.1) is 11.8 Å². The molecule has 3 nitrogen and oxygen atoms in total. The Morgan fingerprint density at radius 3 is 2.65 bits per heavy atom. The number of hydrogen-bond acceptors (Lipinski definition) is 3. The standard InChI is InChI=1S/C13H22O3Si/c1-10-6-5-7-11(14)12(10)13(15)16-8-9-17(2,3)4/h5,7,10,12H,6,8-9H2,1-4H3. The van der Waals surface area contributed by atoms with Gasteiger partial charge in [0.25, 0.3) is 0 Å². The Bertz CT molecular complexity index is 328. The molecule has 1 aliphatic carbocycles. The van der Waals surface area contributed by atoms with Gasteiger partial charge in [-0.25, -0.2) is 0 Å². The molecule has 0 saturated heterocycles. The van der Waals surface area contributed by atoms with Crippen molar-refractivity contribution in [3.8, 4) is 0 Å². The zero-order chi connectivity index (χ0) is 13.1. The van der Waals surface area contributed by atoms with E-state index in [1.807, 2.05) is 13.0 Å². The first kappa shape index (κ1) is 14.2. The molecule has 0 aromatic rings. The molecule has 1 aliphatic rings. The second kappa shape index (κ2) is 5.62. The maximum atomic E-state index is 11.8. The monoisotopic (exact) mass is 254 g/mol. The van der Waals surface area contributed by atoms with E-state index in [0.29, 0.717) is 6.61 Å². The number of carbonyl (C=O) groups is 2. The highest BCUT2D eigenvalue weighted by molar-refractivity contribution is 6.76. The summed E-state index contributed by atoms with van der Waals surface area (Å²) in [5.74, 6) is -0.972. The Morgan fingerprint density at radius 2 is 2.12 bits per heavy atom. The third-order valence-electron chi connectivity index (χ3n) is 3.02. The van der Waals surface area contributed by atoms with E-state index in [9.17, 15) is 9.59 Å². The molecule has 4 heteroatoms.